The molecule has 0 fully saturated rings. The lowest BCUT2D eigenvalue weighted by Gasteiger charge is -2.23. The first-order chi connectivity index (χ1) is 10.2. The van der Waals surface area contributed by atoms with Crippen LogP contribution >= 0.6 is 11.6 Å². The number of hydrogen-bond acceptors (Lipinski definition) is 4. The normalized spacial score (nSPS) is 12.4. The number of carbonyl (C=O) groups excluding carboxylic acids is 2. The fraction of sp³-hybridized carbons (Fsp3) is 0.500. The van der Waals surface area contributed by atoms with E-state index in [9.17, 15) is 9.59 Å². The molecule has 1 amide bonds. The Labute approximate surface area is 135 Å². The summed E-state index contributed by atoms with van der Waals surface area (Å²) in [6.45, 7) is 7.21. The SMILES string of the molecule is CCOC(=O)[C@@H](Cc1cccc(Cl)c1)NC(=O)OC(C)(C)C. The minimum absolute atomic E-state index is 0.237. The predicted molar refractivity (Wildman–Crippen MR) is 84.9 cm³/mol. The number of amides is 1. The van der Waals surface area contributed by atoms with Crippen LogP contribution in [0.3, 0.4) is 0 Å². The molecule has 22 heavy (non-hydrogen) atoms. The summed E-state index contributed by atoms with van der Waals surface area (Å²) in [4.78, 5) is 23.9. The van der Waals surface area contributed by atoms with Gasteiger partial charge in [-0.05, 0) is 45.4 Å². The summed E-state index contributed by atoms with van der Waals surface area (Å²) in [5, 5.41) is 3.11. The molecule has 5 nitrogen and oxygen atoms in total. The minimum Gasteiger partial charge on any atom is -0.464 e. The van der Waals surface area contributed by atoms with Gasteiger partial charge in [0.2, 0.25) is 0 Å². The number of benzene rings is 1. The lowest BCUT2D eigenvalue weighted by atomic mass is 10.1. The average molecular weight is 328 g/mol. The van der Waals surface area contributed by atoms with E-state index in [0.29, 0.717) is 5.02 Å². The van der Waals surface area contributed by atoms with E-state index in [1.165, 1.54) is 0 Å². The van der Waals surface area contributed by atoms with Crippen LogP contribution in [0.1, 0.15) is 33.3 Å². The van der Waals surface area contributed by atoms with E-state index < -0.39 is 23.7 Å². The number of halogens is 1. The highest BCUT2D eigenvalue weighted by molar-refractivity contribution is 6.30. The molecule has 0 bridgehead atoms. The molecule has 6 heteroatoms. The van der Waals surface area contributed by atoms with E-state index in [1.807, 2.05) is 6.07 Å². The Morgan fingerprint density at radius 3 is 2.55 bits per heavy atom. The maximum Gasteiger partial charge on any atom is 0.408 e. The molecule has 0 unspecified atom stereocenters. The Morgan fingerprint density at radius 1 is 1.32 bits per heavy atom. The van der Waals surface area contributed by atoms with Crippen LogP contribution < -0.4 is 5.32 Å². The van der Waals surface area contributed by atoms with Crippen molar-refractivity contribution in [3.63, 3.8) is 0 Å². The Bertz CT molecular complexity index is 525. The van der Waals surface area contributed by atoms with Gasteiger partial charge in [0.1, 0.15) is 11.6 Å². The molecule has 0 spiro atoms. The first-order valence-electron chi connectivity index (χ1n) is 7.12. The summed E-state index contributed by atoms with van der Waals surface area (Å²) in [7, 11) is 0. The smallest absolute Gasteiger partial charge is 0.408 e. The topological polar surface area (TPSA) is 64.6 Å². The molecular weight excluding hydrogens is 306 g/mol. The molecule has 0 saturated carbocycles. The van der Waals surface area contributed by atoms with Crippen molar-refractivity contribution in [2.45, 2.75) is 45.8 Å². The molecule has 122 valence electrons. The van der Waals surface area contributed by atoms with Crippen molar-refractivity contribution in [1.29, 1.82) is 0 Å². The second-order valence-corrected chi connectivity index (χ2v) is 6.22. The zero-order valence-electron chi connectivity index (χ0n) is 13.3. The van der Waals surface area contributed by atoms with Gasteiger partial charge in [-0.2, -0.15) is 0 Å². The van der Waals surface area contributed by atoms with E-state index in [0.717, 1.165) is 5.56 Å². The molecule has 0 aromatic heterocycles. The molecule has 1 aromatic carbocycles. The Hall–Kier alpha value is -1.75. The summed E-state index contributed by atoms with van der Waals surface area (Å²) in [5.74, 6) is -0.506. The fourth-order valence-corrected chi connectivity index (χ4v) is 2.00. The zero-order valence-corrected chi connectivity index (χ0v) is 14.1. The highest BCUT2D eigenvalue weighted by Crippen LogP contribution is 2.13. The van der Waals surface area contributed by atoms with Gasteiger partial charge in [0.15, 0.2) is 0 Å². The monoisotopic (exact) mass is 327 g/mol. The van der Waals surface area contributed by atoms with Gasteiger partial charge in [0.25, 0.3) is 0 Å². The number of carbonyl (C=O) groups is 2. The minimum atomic E-state index is -0.826. The first-order valence-corrected chi connectivity index (χ1v) is 7.49. The molecular formula is C16H22ClNO4. The van der Waals surface area contributed by atoms with Crippen LogP contribution in [0.2, 0.25) is 5.02 Å². The quantitative estimate of drug-likeness (QED) is 0.842. The van der Waals surface area contributed by atoms with Crippen molar-refractivity contribution < 1.29 is 19.1 Å². The summed E-state index contributed by atoms with van der Waals surface area (Å²) in [6.07, 6.45) is -0.383. The molecule has 0 aliphatic rings. The molecule has 1 atom stereocenters. The lowest BCUT2D eigenvalue weighted by molar-refractivity contribution is -0.145. The summed E-state index contributed by atoms with van der Waals surface area (Å²) in [5.41, 5.74) is 0.181. The van der Waals surface area contributed by atoms with Crippen molar-refractivity contribution in [3.05, 3.63) is 34.9 Å². The van der Waals surface area contributed by atoms with Crippen LogP contribution in [-0.2, 0) is 20.7 Å². The van der Waals surface area contributed by atoms with Crippen LogP contribution in [0.4, 0.5) is 4.79 Å². The molecule has 0 aliphatic carbocycles. The number of alkyl carbamates (subject to hydrolysis) is 1. The van der Waals surface area contributed by atoms with E-state index in [4.69, 9.17) is 21.1 Å². The Morgan fingerprint density at radius 2 is 2.00 bits per heavy atom. The Balaban J connectivity index is 2.80. The van der Waals surface area contributed by atoms with Crippen LogP contribution in [0.5, 0.6) is 0 Å². The highest BCUT2D eigenvalue weighted by atomic mass is 35.5. The predicted octanol–water partition coefficient (Wildman–Crippen LogP) is 3.34. The van der Waals surface area contributed by atoms with Crippen LogP contribution in [0, 0.1) is 0 Å². The second-order valence-electron chi connectivity index (χ2n) is 5.78. The summed E-state index contributed by atoms with van der Waals surface area (Å²) >= 11 is 5.93. The second kappa shape index (κ2) is 8.03. The number of ether oxygens (including phenoxy) is 2. The van der Waals surface area contributed by atoms with Gasteiger partial charge < -0.3 is 14.8 Å². The van der Waals surface area contributed by atoms with Crippen molar-refractivity contribution >= 4 is 23.7 Å². The molecule has 1 aromatic rings. The molecule has 1 rings (SSSR count). The van der Waals surface area contributed by atoms with Crippen LogP contribution in [0.25, 0.3) is 0 Å². The van der Waals surface area contributed by atoms with Gasteiger partial charge >= 0.3 is 12.1 Å². The fourth-order valence-electron chi connectivity index (χ4n) is 1.79. The molecule has 0 radical (unpaired) electrons. The lowest BCUT2D eigenvalue weighted by Crippen LogP contribution is -2.45. The largest absolute Gasteiger partial charge is 0.464 e. The van der Waals surface area contributed by atoms with Crippen molar-refractivity contribution in [3.8, 4) is 0 Å². The van der Waals surface area contributed by atoms with Crippen molar-refractivity contribution in [1.82, 2.24) is 5.32 Å². The average Bonchev–Trinajstić information content (AvgIpc) is 2.36. The van der Waals surface area contributed by atoms with Crippen molar-refractivity contribution in [2.24, 2.45) is 0 Å². The van der Waals surface area contributed by atoms with Gasteiger partial charge in [0.05, 0.1) is 6.61 Å². The molecule has 0 aliphatic heterocycles. The highest BCUT2D eigenvalue weighted by Gasteiger charge is 2.25. The third-order valence-corrected chi connectivity index (χ3v) is 2.83. The third kappa shape index (κ3) is 6.80. The third-order valence-electron chi connectivity index (χ3n) is 2.59. The summed E-state index contributed by atoms with van der Waals surface area (Å²) < 4.78 is 10.2. The van der Waals surface area contributed by atoms with Gasteiger partial charge in [-0.15, -0.1) is 0 Å². The Kier molecular flexibility index (Phi) is 6.68. The standard InChI is InChI=1S/C16H22ClNO4/c1-5-21-14(19)13(18-15(20)22-16(2,3)4)10-11-7-6-8-12(17)9-11/h6-9,13H,5,10H2,1-4H3,(H,18,20)/t13-/m1/s1. The van der Waals surface area contributed by atoms with E-state index >= 15 is 0 Å². The van der Waals surface area contributed by atoms with Gasteiger partial charge in [0, 0.05) is 11.4 Å². The van der Waals surface area contributed by atoms with Gasteiger partial charge in [-0.25, -0.2) is 9.59 Å². The van der Waals surface area contributed by atoms with Crippen LogP contribution in [-0.4, -0.2) is 30.3 Å². The van der Waals surface area contributed by atoms with Crippen molar-refractivity contribution in [2.75, 3.05) is 6.61 Å². The number of esters is 1. The first kappa shape index (κ1) is 18.3. The summed E-state index contributed by atoms with van der Waals surface area (Å²) in [6, 6.07) is 6.27. The van der Waals surface area contributed by atoms with E-state index in [1.54, 1.807) is 45.9 Å². The van der Waals surface area contributed by atoms with Gasteiger partial charge in [-0.1, -0.05) is 23.7 Å². The number of rotatable bonds is 5. The molecule has 0 saturated heterocycles. The van der Waals surface area contributed by atoms with Crippen LogP contribution in [0.15, 0.2) is 24.3 Å². The number of nitrogens with one attached hydrogen (secondary N) is 1. The molecule has 1 N–H and O–H groups in total. The van der Waals surface area contributed by atoms with E-state index in [2.05, 4.69) is 5.32 Å². The van der Waals surface area contributed by atoms with Gasteiger partial charge in [-0.3, -0.25) is 0 Å². The maximum absolute atomic E-state index is 12.0. The maximum atomic E-state index is 12.0. The zero-order chi connectivity index (χ0) is 16.8. The van der Waals surface area contributed by atoms with E-state index in [-0.39, 0.29) is 13.0 Å². The number of hydrogen-bond donors (Lipinski definition) is 1. The molecule has 0 heterocycles.